The molecule has 0 radical (unpaired) electrons. The lowest BCUT2D eigenvalue weighted by atomic mass is 9.78. The van der Waals surface area contributed by atoms with E-state index in [1.165, 1.54) is 44.1 Å². The van der Waals surface area contributed by atoms with Gasteiger partial charge in [-0.05, 0) is 54.0 Å². The van der Waals surface area contributed by atoms with Crippen LogP contribution in [0.1, 0.15) is 44.1 Å². The van der Waals surface area contributed by atoms with Gasteiger partial charge in [0.2, 0.25) is 0 Å². The molecule has 2 nitrogen and oxygen atoms in total. The standard InChI is InChI=1S/C15H24N2S/c1-2-4-15-13(3-1)5-6-14(17-15)10-16-9-12-7-8-18-11-12/h7-8,11,13-17H,1-6,9-10H2. The minimum absolute atomic E-state index is 0.697. The molecule has 2 N–H and O–H groups in total. The quantitative estimate of drug-likeness (QED) is 0.873. The number of fused-ring (bicyclic) bond motifs is 1. The fraction of sp³-hybridized carbons (Fsp3) is 0.733. The van der Waals surface area contributed by atoms with Gasteiger partial charge in [-0.2, -0.15) is 11.3 Å². The molecule has 0 spiro atoms. The largest absolute Gasteiger partial charge is 0.311 e. The number of nitrogens with one attached hydrogen (secondary N) is 2. The highest BCUT2D eigenvalue weighted by Crippen LogP contribution is 2.31. The monoisotopic (exact) mass is 264 g/mol. The van der Waals surface area contributed by atoms with Crippen LogP contribution < -0.4 is 10.6 Å². The first-order valence-electron chi connectivity index (χ1n) is 7.39. The highest BCUT2D eigenvalue weighted by molar-refractivity contribution is 7.07. The Morgan fingerprint density at radius 3 is 3.06 bits per heavy atom. The number of hydrogen-bond donors (Lipinski definition) is 2. The predicted molar refractivity (Wildman–Crippen MR) is 77.9 cm³/mol. The summed E-state index contributed by atoms with van der Waals surface area (Å²) in [4.78, 5) is 0. The number of thiophene rings is 1. The first kappa shape index (κ1) is 12.6. The van der Waals surface area contributed by atoms with Crippen molar-refractivity contribution in [3.05, 3.63) is 22.4 Å². The van der Waals surface area contributed by atoms with Crippen molar-refractivity contribution in [2.24, 2.45) is 5.92 Å². The molecule has 3 atom stereocenters. The van der Waals surface area contributed by atoms with Gasteiger partial charge in [0.1, 0.15) is 0 Å². The summed E-state index contributed by atoms with van der Waals surface area (Å²) in [5, 5.41) is 11.9. The molecule has 100 valence electrons. The second-order valence-electron chi connectivity index (χ2n) is 5.85. The maximum atomic E-state index is 3.88. The van der Waals surface area contributed by atoms with Crippen LogP contribution in [0.3, 0.4) is 0 Å². The molecule has 3 heteroatoms. The number of rotatable bonds is 4. The van der Waals surface area contributed by atoms with Gasteiger partial charge in [0.15, 0.2) is 0 Å². The van der Waals surface area contributed by atoms with Crippen LogP contribution in [-0.2, 0) is 6.54 Å². The molecule has 1 aliphatic carbocycles. The molecule has 18 heavy (non-hydrogen) atoms. The molecule has 2 aliphatic rings. The Balaban J connectivity index is 1.41. The zero-order valence-corrected chi connectivity index (χ0v) is 11.8. The van der Waals surface area contributed by atoms with Gasteiger partial charge >= 0.3 is 0 Å². The normalized spacial score (nSPS) is 32.1. The van der Waals surface area contributed by atoms with Gasteiger partial charge in [0.05, 0.1) is 0 Å². The summed E-state index contributed by atoms with van der Waals surface area (Å²) < 4.78 is 0. The summed E-state index contributed by atoms with van der Waals surface area (Å²) in [6, 6.07) is 3.73. The Labute approximate surface area is 114 Å². The van der Waals surface area contributed by atoms with E-state index in [4.69, 9.17) is 0 Å². The lowest BCUT2D eigenvalue weighted by Crippen LogP contribution is -2.52. The molecular weight excluding hydrogens is 240 g/mol. The Hall–Kier alpha value is -0.380. The SMILES string of the molecule is c1cc(CNCC2CCC3CCCCC3N2)cs1. The van der Waals surface area contributed by atoms with E-state index in [9.17, 15) is 0 Å². The summed E-state index contributed by atoms with van der Waals surface area (Å²) in [6.07, 6.45) is 8.58. The zero-order chi connectivity index (χ0) is 12.2. The van der Waals surface area contributed by atoms with E-state index in [1.807, 2.05) is 0 Å². The van der Waals surface area contributed by atoms with Gasteiger partial charge in [-0.15, -0.1) is 0 Å². The van der Waals surface area contributed by atoms with Crippen molar-refractivity contribution >= 4 is 11.3 Å². The molecule has 3 rings (SSSR count). The molecule has 3 unspecified atom stereocenters. The van der Waals surface area contributed by atoms with Crippen LogP contribution >= 0.6 is 11.3 Å². The fourth-order valence-electron chi connectivity index (χ4n) is 3.52. The van der Waals surface area contributed by atoms with Crippen molar-refractivity contribution in [3.8, 4) is 0 Å². The van der Waals surface area contributed by atoms with E-state index in [-0.39, 0.29) is 0 Å². The third kappa shape index (κ3) is 3.14. The third-order valence-electron chi connectivity index (χ3n) is 4.54. The van der Waals surface area contributed by atoms with E-state index >= 15 is 0 Å². The van der Waals surface area contributed by atoms with Crippen molar-refractivity contribution in [1.29, 1.82) is 0 Å². The van der Waals surface area contributed by atoms with Gasteiger partial charge in [0.25, 0.3) is 0 Å². The van der Waals surface area contributed by atoms with Crippen molar-refractivity contribution in [2.75, 3.05) is 6.54 Å². The zero-order valence-electron chi connectivity index (χ0n) is 11.0. The van der Waals surface area contributed by atoms with Crippen LogP contribution in [0.25, 0.3) is 0 Å². The van der Waals surface area contributed by atoms with Crippen molar-refractivity contribution in [3.63, 3.8) is 0 Å². The summed E-state index contributed by atoms with van der Waals surface area (Å²) >= 11 is 1.78. The molecular formula is C15H24N2S. The molecule has 1 aliphatic heterocycles. The van der Waals surface area contributed by atoms with Gasteiger partial charge in [-0.1, -0.05) is 12.8 Å². The van der Waals surface area contributed by atoms with E-state index in [0.717, 1.165) is 25.0 Å². The van der Waals surface area contributed by atoms with Crippen LogP contribution in [0, 0.1) is 5.92 Å². The maximum absolute atomic E-state index is 3.88. The summed E-state index contributed by atoms with van der Waals surface area (Å²) in [6.45, 7) is 2.15. The summed E-state index contributed by atoms with van der Waals surface area (Å²) in [5.74, 6) is 0.979. The van der Waals surface area contributed by atoms with Gasteiger partial charge in [-0.25, -0.2) is 0 Å². The Kier molecular flexibility index (Phi) is 4.34. The summed E-state index contributed by atoms with van der Waals surface area (Å²) in [7, 11) is 0. The van der Waals surface area contributed by atoms with Crippen LogP contribution in [0.4, 0.5) is 0 Å². The first-order chi connectivity index (χ1) is 8.92. The van der Waals surface area contributed by atoms with E-state index < -0.39 is 0 Å². The minimum Gasteiger partial charge on any atom is -0.311 e. The van der Waals surface area contributed by atoms with Crippen molar-refractivity contribution in [2.45, 2.75) is 57.2 Å². The molecule has 0 bridgehead atoms. The van der Waals surface area contributed by atoms with E-state index in [1.54, 1.807) is 11.3 Å². The van der Waals surface area contributed by atoms with Gasteiger partial charge in [-0.3, -0.25) is 0 Å². The average molecular weight is 264 g/mol. The Bertz CT molecular complexity index is 349. The molecule has 2 heterocycles. The summed E-state index contributed by atoms with van der Waals surface area (Å²) in [5.41, 5.74) is 1.42. The van der Waals surface area contributed by atoms with E-state index in [2.05, 4.69) is 27.5 Å². The van der Waals surface area contributed by atoms with Gasteiger partial charge < -0.3 is 10.6 Å². The fourth-order valence-corrected chi connectivity index (χ4v) is 4.19. The highest BCUT2D eigenvalue weighted by atomic mass is 32.1. The Morgan fingerprint density at radius 1 is 1.22 bits per heavy atom. The minimum atomic E-state index is 0.697. The second kappa shape index (κ2) is 6.18. The molecule has 0 amide bonds. The highest BCUT2D eigenvalue weighted by Gasteiger charge is 2.31. The van der Waals surface area contributed by atoms with Crippen molar-refractivity contribution < 1.29 is 0 Å². The average Bonchev–Trinajstić information content (AvgIpc) is 2.92. The van der Waals surface area contributed by atoms with Gasteiger partial charge in [0, 0.05) is 25.2 Å². The second-order valence-corrected chi connectivity index (χ2v) is 6.63. The molecule has 1 aromatic rings. The third-order valence-corrected chi connectivity index (χ3v) is 5.28. The van der Waals surface area contributed by atoms with Crippen LogP contribution in [0.15, 0.2) is 16.8 Å². The van der Waals surface area contributed by atoms with Crippen LogP contribution in [-0.4, -0.2) is 18.6 Å². The van der Waals surface area contributed by atoms with Crippen LogP contribution in [0.2, 0.25) is 0 Å². The Morgan fingerprint density at radius 2 is 2.17 bits per heavy atom. The molecule has 1 saturated carbocycles. The molecule has 0 aromatic carbocycles. The maximum Gasteiger partial charge on any atom is 0.0214 e. The van der Waals surface area contributed by atoms with E-state index in [0.29, 0.717) is 6.04 Å². The van der Waals surface area contributed by atoms with Crippen molar-refractivity contribution in [1.82, 2.24) is 10.6 Å². The lowest BCUT2D eigenvalue weighted by Gasteiger charge is -2.40. The smallest absolute Gasteiger partial charge is 0.0214 e. The first-order valence-corrected chi connectivity index (χ1v) is 8.34. The number of hydrogen-bond acceptors (Lipinski definition) is 3. The van der Waals surface area contributed by atoms with Crippen LogP contribution in [0.5, 0.6) is 0 Å². The number of piperidine rings is 1. The predicted octanol–water partition coefficient (Wildman–Crippen LogP) is 3.15. The lowest BCUT2D eigenvalue weighted by molar-refractivity contribution is 0.174. The molecule has 1 saturated heterocycles. The molecule has 1 aromatic heterocycles. The topological polar surface area (TPSA) is 24.1 Å². The molecule has 2 fully saturated rings.